The standard InChI is InChI=1S/C11H13N5OS.2ClH/c1-12-5-6-15-10(17)8-7-16-11(18-8)9-13-3-2-4-14-9;;/h2-4,7,12H,5-6H2,1H3,(H,15,17);2*1H. The number of hydrogen-bond donors (Lipinski definition) is 2. The molecule has 20 heavy (non-hydrogen) atoms. The Kier molecular flexibility index (Phi) is 8.98. The van der Waals surface area contributed by atoms with Gasteiger partial charge in [-0.05, 0) is 13.1 Å². The number of carbonyl (C=O) groups excluding carboxylic acids is 1. The first kappa shape index (κ1) is 18.7. The third kappa shape index (κ3) is 5.01. The highest BCUT2D eigenvalue weighted by Gasteiger charge is 2.12. The summed E-state index contributed by atoms with van der Waals surface area (Å²) >= 11 is 1.28. The molecule has 0 aromatic carbocycles. The Bertz CT molecular complexity index is 523. The minimum Gasteiger partial charge on any atom is -0.350 e. The van der Waals surface area contributed by atoms with Crippen LogP contribution < -0.4 is 10.6 Å². The summed E-state index contributed by atoms with van der Waals surface area (Å²) in [5.41, 5.74) is 0. The summed E-state index contributed by atoms with van der Waals surface area (Å²) in [7, 11) is 1.84. The van der Waals surface area contributed by atoms with E-state index in [0.29, 0.717) is 22.3 Å². The average molecular weight is 336 g/mol. The van der Waals surface area contributed by atoms with E-state index in [9.17, 15) is 4.79 Å². The lowest BCUT2D eigenvalue weighted by Gasteiger charge is -2.01. The normalized spacial score (nSPS) is 9.25. The van der Waals surface area contributed by atoms with Gasteiger partial charge in [0.2, 0.25) is 0 Å². The van der Waals surface area contributed by atoms with E-state index < -0.39 is 0 Å². The van der Waals surface area contributed by atoms with Crippen LogP contribution in [-0.4, -0.2) is 41.0 Å². The fourth-order valence-electron chi connectivity index (χ4n) is 1.28. The van der Waals surface area contributed by atoms with Gasteiger partial charge >= 0.3 is 0 Å². The van der Waals surface area contributed by atoms with Crippen molar-refractivity contribution < 1.29 is 4.79 Å². The van der Waals surface area contributed by atoms with Crippen LogP contribution >= 0.6 is 36.2 Å². The maximum absolute atomic E-state index is 11.8. The molecular weight excluding hydrogens is 321 g/mol. The first-order chi connectivity index (χ1) is 8.81. The molecule has 2 aromatic heterocycles. The van der Waals surface area contributed by atoms with Crippen LogP contribution in [0.4, 0.5) is 0 Å². The molecule has 2 heterocycles. The summed E-state index contributed by atoms with van der Waals surface area (Å²) in [5, 5.41) is 6.40. The number of amides is 1. The molecule has 0 atom stereocenters. The number of carbonyl (C=O) groups is 1. The molecule has 0 aliphatic rings. The third-order valence-electron chi connectivity index (χ3n) is 2.15. The summed E-state index contributed by atoms with van der Waals surface area (Å²) < 4.78 is 0. The number of nitrogens with zero attached hydrogens (tertiary/aromatic N) is 3. The Morgan fingerprint density at radius 1 is 1.20 bits per heavy atom. The van der Waals surface area contributed by atoms with Crippen molar-refractivity contribution in [3.63, 3.8) is 0 Å². The summed E-state index contributed by atoms with van der Waals surface area (Å²) in [6.45, 7) is 1.32. The summed E-state index contributed by atoms with van der Waals surface area (Å²) in [4.78, 5) is 24.7. The van der Waals surface area contributed by atoms with E-state index in [0.717, 1.165) is 6.54 Å². The molecule has 6 nitrogen and oxygen atoms in total. The zero-order valence-electron chi connectivity index (χ0n) is 10.7. The van der Waals surface area contributed by atoms with E-state index in [4.69, 9.17) is 0 Å². The summed E-state index contributed by atoms with van der Waals surface area (Å²) in [6.07, 6.45) is 4.85. The molecule has 0 aliphatic heterocycles. The highest BCUT2D eigenvalue weighted by atomic mass is 35.5. The lowest BCUT2D eigenvalue weighted by molar-refractivity contribution is 0.0958. The lowest BCUT2D eigenvalue weighted by Crippen LogP contribution is -2.29. The number of thiazole rings is 1. The molecule has 0 saturated carbocycles. The maximum Gasteiger partial charge on any atom is 0.263 e. The number of likely N-dealkylation sites (N-methyl/N-ethyl adjacent to an activating group) is 1. The van der Waals surface area contributed by atoms with Gasteiger partial charge in [0.05, 0.1) is 6.20 Å². The lowest BCUT2D eigenvalue weighted by atomic mass is 10.5. The van der Waals surface area contributed by atoms with Crippen LogP contribution in [0.2, 0.25) is 0 Å². The molecule has 2 rings (SSSR count). The fourth-order valence-corrected chi connectivity index (χ4v) is 2.06. The van der Waals surface area contributed by atoms with Crippen molar-refractivity contribution >= 4 is 42.1 Å². The number of aromatic nitrogens is 3. The first-order valence-corrected chi connectivity index (χ1v) is 6.29. The molecule has 2 N–H and O–H groups in total. The molecule has 0 spiro atoms. The van der Waals surface area contributed by atoms with E-state index in [1.165, 1.54) is 11.3 Å². The van der Waals surface area contributed by atoms with Crippen molar-refractivity contribution in [3.8, 4) is 10.8 Å². The molecule has 0 fully saturated rings. The monoisotopic (exact) mass is 335 g/mol. The SMILES string of the molecule is CNCCNC(=O)c1cnc(-c2ncccn2)s1.Cl.Cl. The van der Waals surface area contributed by atoms with Gasteiger partial charge in [0, 0.05) is 25.5 Å². The molecule has 0 radical (unpaired) electrons. The zero-order valence-corrected chi connectivity index (χ0v) is 13.1. The average Bonchev–Trinajstić information content (AvgIpc) is 2.89. The van der Waals surface area contributed by atoms with Crippen LogP contribution in [0.25, 0.3) is 10.8 Å². The van der Waals surface area contributed by atoms with Crippen molar-refractivity contribution in [2.45, 2.75) is 0 Å². The van der Waals surface area contributed by atoms with Crippen LogP contribution in [0.5, 0.6) is 0 Å². The van der Waals surface area contributed by atoms with Gasteiger partial charge < -0.3 is 10.6 Å². The Morgan fingerprint density at radius 2 is 1.90 bits per heavy atom. The topological polar surface area (TPSA) is 79.8 Å². The molecular formula is C11H15Cl2N5OS. The Morgan fingerprint density at radius 3 is 2.55 bits per heavy atom. The smallest absolute Gasteiger partial charge is 0.263 e. The van der Waals surface area contributed by atoms with Gasteiger partial charge in [0.1, 0.15) is 4.88 Å². The van der Waals surface area contributed by atoms with Gasteiger partial charge in [0.15, 0.2) is 10.8 Å². The van der Waals surface area contributed by atoms with Crippen molar-refractivity contribution in [3.05, 3.63) is 29.5 Å². The first-order valence-electron chi connectivity index (χ1n) is 5.47. The minimum absolute atomic E-state index is 0. The second-order valence-electron chi connectivity index (χ2n) is 3.46. The predicted octanol–water partition coefficient (Wildman–Crippen LogP) is 1.39. The van der Waals surface area contributed by atoms with E-state index in [1.807, 2.05) is 7.05 Å². The highest BCUT2D eigenvalue weighted by Crippen LogP contribution is 2.21. The maximum atomic E-state index is 11.8. The highest BCUT2D eigenvalue weighted by molar-refractivity contribution is 7.16. The summed E-state index contributed by atoms with van der Waals surface area (Å²) in [6, 6.07) is 1.74. The fraction of sp³-hybridized carbons (Fsp3) is 0.273. The summed E-state index contributed by atoms with van der Waals surface area (Å²) in [5.74, 6) is 0.418. The third-order valence-corrected chi connectivity index (χ3v) is 3.14. The molecule has 110 valence electrons. The number of rotatable bonds is 5. The molecule has 0 bridgehead atoms. The molecule has 2 aromatic rings. The van der Waals surface area contributed by atoms with Gasteiger partial charge in [0.25, 0.3) is 5.91 Å². The number of halogens is 2. The number of nitrogens with one attached hydrogen (secondary N) is 2. The Labute approximate surface area is 133 Å². The minimum atomic E-state index is -0.120. The van der Waals surface area contributed by atoms with Gasteiger partial charge in [-0.25, -0.2) is 15.0 Å². The second-order valence-corrected chi connectivity index (χ2v) is 4.49. The van der Waals surface area contributed by atoms with Crippen LogP contribution in [0.1, 0.15) is 9.67 Å². The Hall–Kier alpha value is -1.28. The van der Waals surface area contributed by atoms with Gasteiger partial charge in [-0.15, -0.1) is 36.2 Å². The van der Waals surface area contributed by atoms with Crippen LogP contribution in [0.3, 0.4) is 0 Å². The van der Waals surface area contributed by atoms with Gasteiger partial charge in [-0.2, -0.15) is 0 Å². The van der Waals surface area contributed by atoms with Crippen molar-refractivity contribution in [2.24, 2.45) is 0 Å². The largest absolute Gasteiger partial charge is 0.350 e. The van der Waals surface area contributed by atoms with Gasteiger partial charge in [-0.3, -0.25) is 4.79 Å². The molecule has 0 unspecified atom stereocenters. The van der Waals surface area contributed by atoms with Crippen LogP contribution in [0, 0.1) is 0 Å². The second kappa shape index (κ2) is 9.60. The molecule has 0 saturated heterocycles. The van der Waals surface area contributed by atoms with Gasteiger partial charge in [-0.1, -0.05) is 0 Å². The van der Waals surface area contributed by atoms with Crippen LogP contribution in [0.15, 0.2) is 24.7 Å². The van der Waals surface area contributed by atoms with Crippen LogP contribution in [-0.2, 0) is 0 Å². The van der Waals surface area contributed by atoms with Crippen molar-refractivity contribution in [1.29, 1.82) is 0 Å². The zero-order chi connectivity index (χ0) is 12.8. The van der Waals surface area contributed by atoms with E-state index in [1.54, 1.807) is 24.7 Å². The Balaban J connectivity index is 0.00000180. The van der Waals surface area contributed by atoms with Crippen molar-refractivity contribution in [2.75, 3.05) is 20.1 Å². The molecule has 9 heteroatoms. The van der Waals surface area contributed by atoms with Crippen molar-refractivity contribution in [1.82, 2.24) is 25.6 Å². The molecule has 0 aliphatic carbocycles. The van der Waals surface area contributed by atoms with E-state index in [-0.39, 0.29) is 30.7 Å². The van der Waals surface area contributed by atoms with E-state index >= 15 is 0 Å². The quantitative estimate of drug-likeness (QED) is 0.807. The molecule has 1 amide bonds. The number of hydrogen-bond acceptors (Lipinski definition) is 6. The van der Waals surface area contributed by atoms with E-state index in [2.05, 4.69) is 25.6 Å². The predicted molar refractivity (Wildman–Crippen MR) is 83.9 cm³/mol.